The summed E-state index contributed by atoms with van der Waals surface area (Å²) in [5, 5.41) is 12.3. The number of nitrogens with two attached hydrogens (primary N) is 1. The van der Waals surface area contributed by atoms with E-state index in [9.17, 15) is 14.4 Å². The zero-order valence-corrected chi connectivity index (χ0v) is 14.7. The Labute approximate surface area is 160 Å². The number of hydrazone groups is 1. The van der Waals surface area contributed by atoms with Crippen molar-refractivity contribution in [1.82, 2.24) is 10.9 Å². The summed E-state index contributed by atoms with van der Waals surface area (Å²) >= 11 is 0. The van der Waals surface area contributed by atoms with E-state index in [2.05, 4.69) is 15.3 Å². The number of hydroxylamine groups is 1. The van der Waals surface area contributed by atoms with Crippen LogP contribution in [0.2, 0.25) is 0 Å². The maximum atomic E-state index is 12.2. The van der Waals surface area contributed by atoms with E-state index in [1.54, 1.807) is 48.5 Å². The molecule has 5 N–H and O–H groups in total. The molecule has 0 saturated heterocycles. The van der Waals surface area contributed by atoms with E-state index in [-0.39, 0.29) is 6.61 Å². The fourth-order valence-corrected chi connectivity index (χ4v) is 2.08. The minimum absolute atomic E-state index is 0.0776. The van der Waals surface area contributed by atoms with Crippen molar-refractivity contribution in [2.75, 3.05) is 0 Å². The molecule has 0 aliphatic heterocycles. The summed E-state index contributed by atoms with van der Waals surface area (Å²) in [6, 6.07) is 13.5. The summed E-state index contributed by atoms with van der Waals surface area (Å²) in [6.45, 7) is 0.0776. The van der Waals surface area contributed by atoms with Gasteiger partial charge in [0.2, 0.25) is 0 Å². The molecule has 2 aromatic rings. The van der Waals surface area contributed by atoms with Crippen LogP contribution in [-0.2, 0) is 16.1 Å². The van der Waals surface area contributed by atoms with Crippen molar-refractivity contribution in [3.8, 4) is 0 Å². The van der Waals surface area contributed by atoms with E-state index >= 15 is 0 Å². The molecule has 9 nitrogen and oxygen atoms in total. The molecule has 0 atom stereocenters. The lowest BCUT2D eigenvalue weighted by Crippen LogP contribution is -2.17. The van der Waals surface area contributed by atoms with Crippen LogP contribution in [0.25, 0.3) is 6.08 Å². The highest BCUT2D eigenvalue weighted by Gasteiger charge is 2.04. The molecule has 0 aliphatic carbocycles. The summed E-state index contributed by atoms with van der Waals surface area (Å²) < 4.78 is 4.68. The quantitative estimate of drug-likeness (QED) is 0.249. The Morgan fingerprint density at radius 3 is 2.54 bits per heavy atom. The molecule has 0 unspecified atom stereocenters. The number of ether oxygens (including phenoxy) is 1. The molecule has 144 valence electrons. The second-order valence-electron chi connectivity index (χ2n) is 5.48. The standard InChI is InChI=1S/C19H18N4O5/c20-19(26)28-12-15-6-4-14(5-7-15)11-21-22-18(25)16-3-1-2-13(10-16)8-9-17(24)23-27/h1-11,27H,12H2,(H2,20,26)(H,22,25)(H,23,24). The van der Waals surface area contributed by atoms with Gasteiger partial charge in [0, 0.05) is 11.6 Å². The van der Waals surface area contributed by atoms with Crippen LogP contribution < -0.4 is 16.6 Å². The van der Waals surface area contributed by atoms with Gasteiger partial charge >= 0.3 is 6.09 Å². The van der Waals surface area contributed by atoms with Gasteiger partial charge in [0.1, 0.15) is 6.61 Å². The number of primary amides is 1. The summed E-state index contributed by atoms with van der Waals surface area (Å²) in [6.07, 6.45) is 3.21. The van der Waals surface area contributed by atoms with Crippen LogP contribution in [0.4, 0.5) is 4.79 Å². The normalized spacial score (nSPS) is 10.8. The second-order valence-corrected chi connectivity index (χ2v) is 5.48. The zero-order chi connectivity index (χ0) is 20.4. The van der Waals surface area contributed by atoms with Crippen LogP contribution in [-0.4, -0.2) is 29.3 Å². The van der Waals surface area contributed by atoms with Gasteiger partial charge in [0.15, 0.2) is 0 Å². The molecule has 0 aromatic heterocycles. The van der Waals surface area contributed by atoms with Crippen molar-refractivity contribution in [3.05, 3.63) is 76.9 Å². The Morgan fingerprint density at radius 1 is 1.11 bits per heavy atom. The van der Waals surface area contributed by atoms with Crippen molar-refractivity contribution in [1.29, 1.82) is 0 Å². The average molecular weight is 382 g/mol. The average Bonchev–Trinajstić information content (AvgIpc) is 2.71. The van der Waals surface area contributed by atoms with E-state index in [0.717, 1.165) is 17.2 Å². The maximum Gasteiger partial charge on any atom is 0.404 e. The number of carbonyl (C=O) groups excluding carboxylic acids is 3. The minimum Gasteiger partial charge on any atom is -0.445 e. The number of carbonyl (C=O) groups is 3. The predicted molar refractivity (Wildman–Crippen MR) is 101 cm³/mol. The van der Waals surface area contributed by atoms with Gasteiger partial charge in [-0.3, -0.25) is 14.8 Å². The Balaban J connectivity index is 1.93. The van der Waals surface area contributed by atoms with E-state index in [1.165, 1.54) is 17.8 Å². The first-order chi connectivity index (χ1) is 13.5. The first-order valence-electron chi connectivity index (χ1n) is 8.04. The third-order valence-corrected chi connectivity index (χ3v) is 3.43. The van der Waals surface area contributed by atoms with Crippen LogP contribution in [0.15, 0.2) is 59.7 Å². The minimum atomic E-state index is -0.843. The van der Waals surface area contributed by atoms with Gasteiger partial charge in [-0.25, -0.2) is 15.7 Å². The van der Waals surface area contributed by atoms with Crippen LogP contribution in [0.5, 0.6) is 0 Å². The van der Waals surface area contributed by atoms with E-state index in [4.69, 9.17) is 10.9 Å². The van der Waals surface area contributed by atoms with Crippen molar-refractivity contribution in [2.24, 2.45) is 10.8 Å². The van der Waals surface area contributed by atoms with E-state index in [1.807, 2.05) is 0 Å². The summed E-state index contributed by atoms with van der Waals surface area (Å²) in [7, 11) is 0. The molecular formula is C19H18N4O5. The topological polar surface area (TPSA) is 143 Å². The summed E-state index contributed by atoms with van der Waals surface area (Å²) in [5.41, 5.74) is 11.2. The SMILES string of the molecule is NC(=O)OCc1ccc(C=NNC(=O)c2cccc(C=CC(=O)NO)c2)cc1. The molecule has 0 aliphatic rings. The Morgan fingerprint density at radius 2 is 1.86 bits per heavy atom. The first-order valence-corrected chi connectivity index (χ1v) is 8.04. The third-order valence-electron chi connectivity index (χ3n) is 3.43. The number of hydrogen-bond donors (Lipinski definition) is 4. The first kappa shape index (κ1) is 20.3. The highest BCUT2D eigenvalue weighted by Crippen LogP contribution is 2.08. The van der Waals surface area contributed by atoms with Gasteiger partial charge in [-0.2, -0.15) is 5.10 Å². The van der Waals surface area contributed by atoms with Crippen LogP contribution in [0.1, 0.15) is 27.0 Å². The second kappa shape index (κ2) is 10.2. The zero-order valence-electron chi connectivity index (χ0n) is 14.7. The van der Waals surface area contributed by atoms with Crippen LogP contribution in [0.3, 0.4) is 0 Å². The molecule has 0 spiro atoms. The van der Waals surface area contributed by atoms with Gasteiger partial charge in [0.05, 0.1) is 6.21 Å². The number of rotatable bonds is 7. The molecule has 2 aromatic carbocycles. The summed E-state index contributed by atoms with van der Waals surface area (Å²) in [4.78, 5) is 33.7. The molecule has 0 heterocycles. The molecule has 28 heavy (non-hydrogen) atoms. The van der Waals surface area contributed by atoms with Crippen molar-refractivity contribution < 1.29 is 24.3 Å². The molecule has 0 radical (unpaired) electrons. The number of nitrogens with one attached hydrogen (secondary N) is 2. The molecule has 0 bridgehead atoms. The fraction of sp³-hybridized carbons (Fsp3) is 0.0526. The lowest BCUT2D eigenvalue weighted by molar-refractivity contribution is -0.124. The van der Waals surface area contributed by atoms with Crippen molar-refractivity contribution in [2.45, 2.75) is 6.61 Å². The number of nitrogens with zero attached hydrogens (tertiary/aromatic N) is 1. The highest BCUT2D eigenvalue weighted by atomic mass is 16.5. The van der Waals surface area contributed by atoms with Gasteiger partial charge in [0.25, 0.3) is 11.8 Å². The lowest BCUT2D eigenvalue weighted by atomic mass is 10.1. The van der Waals surface area contributed by atoms with Gasteiger partial charge < -0.3 is 10.5 Å². The van der Waals surface area contributed by atoms with Crippen LogP contribution in [0, 0.1) is 0 Å². The monoisotopic (exact) mass is 382 g/mol. The molecule has 9 heteroatoms. The highest BCUT2D eigenvalue weighted by molar-refractivity contribution is 5.96. The molecule has 3 amide bonds. The Hall–Kier alpha value is -3.98. The van der Waals surface area contributed by atoms with Crippen molar-refractivity contribution >= 4 is 30.2 Å². The molecule has 0 fully saturated rings. The van der Waals surface area contributed by atoms with Crippen molar-refractivity contribution in [3.63, 3.8) is 0 Å². The summed E-state index contributed by atoms with van der Waals surface area (Å²) in [5.74, 6) is -1.10. The Kier molecular flexibility index (Phi) is 7.43. The number of amides is 3. The van der Waals surface area contributed by atoms with Gasteiger partial charge in [-0.05, 0) is 34.9 Å². The molecule has 0 saturated carbocycles. The van der Waals surface area contributed by atoms with Gasteiger partial charge in [-0.1, -0.05) is 36.4 Å². The van der Waals surface area contributed by atoms with E-state index < -0.39 is 17.9 Å². The maximum absolute atomic E-state index is 12.2. The number of benzene rings is 2. The van der Waals surface area contributed by atoms with E-state index in [0.29, 0.717) is 11.1 Å². The lowest BCUT2D eigenvalue weighted by Gasteiger charge is -2.03. The molecule has 2 rings (SSSR count). The third kappa shape index (κ3) is 6.73. The molecular weight excluding hydrogens is 364 g/mol. The fourth-order valence-electron chi connectivity index (χ4n) is 2.08. The Bertz CT molecular complexity index is 907. The number of hydrogen-bond acceptors (Lipinski definition) is 6. The largest absolute Gasteiger partial charge is 0.445 e. The smallest absolute Gasteiger partial charge is 0.404 e. The van der Waals surface area contributed by atoms with Gasteiger partial charge in [-0.15, -0.1) is 0 Å². The van der Waals surface area contributed by atoms with Crippen LogP contribution >= 0.6 is 0 Å². The predicted octanol–water partition coefficient (Wildman–Crippen LogP) is 1.56.